The van der Waals surface area contributed by atoms with Crippen LogP contribution in [0.3, 0.4) is 0 Å². The molecule has 0 aromatic carbocycles. The SMILES string of the molecule is CC(C)C(N)CCC[C@H](N)C(=O)N1CCC[C@H]1C(=O)N[C@H](C)C(N)=O. The number of hydrogen-bond donors (Lipinski definition) is 4. The van der Waals surface area contributed by atoms with Gasteiger partial charge in [0.1, 0.15) is 12.1 Å². The molecular weight excluding hydrogens is 322 g/mol. The maximum absolute atomic E-state index is 12.6. The van der Waals surface area contributed by atoms with E-state index in [1.807, 2.05) is 0 Å². The molecule has 4 atom stereocenters. The summed E-state index contributed by atoms with van der Waals surface area (Å²) in [7, 11) is 0. The molecule has 0 spiro atoms. The Hall–Kier alpha value is -1.67. The van der Waals surface area contributed by atoms with Gasteiger partial charge >= 0.3 is 0 Å². The third-order valence-electron chi connectivity index (χ3n) is 4.85. The zero-order chi connectivity index (χ0) is 19.1. The van der Waals surface area contributed by atoms with Gasteiger partial charge in [-0.25, -0.2) is 0 Å². The number of carbonyl (C=O) groups is 3. The second kappa shape index (κ2) is 9.72. The molecule has 7 N–H and O–H groups in total. The second-order valence-corrected chi connectivity index (χ2v) is 7.27. The predicted octanol–water partition coefficient (Wildman–Crippen LogP) is -0.552. The van der Waals surface area contributed by atoms with Crippen LogP contribution in [0, 0.1) is 5.92 Å². The van der Waals surface area contributed by atoms with Gasteiger partial charge in [0.15, 0.2) is 0 Å². The number of hydrogen-bond acceptors (Lipinski definition) is 5. The van der Waals surface area contributed by atoms with Gasteiger partial charge in [-0.3, -0.25) is 14.4 Å². The molecule has 1 aliphatic heterocycles. The number of nitrogens with two attached hydrogens (primary N) is 3. The summed E-state index contributed by atoms with van der Waals surface area (Å²) in [6, 6.07) is -1.89. The molecule has 8 nitrogen and oxygen atoms in total. The Morgan fingerprint density at radius 2 is 1.80 bits per heavy atom. The Labute approximate surface area is 149 Å². The van der Waals surface area contributed by atoms with Crippen LogP contribution in [0.2, 0.25) is 0 Å². The number of nitrogens with one attached hydrogen (secondary N) is 1. The van der Waals surface area contributed by atoms with Crippen molar-refractivity contribution in [1.82, 2.24) is 10.2 Å². The minimum absolute atomic E-state index is 0.0999. The summed E-state index contributed by atoms with van der Waals surface area (Å²) in [5, 5.41) is 2.55. The number of rotatable bonds is 9. The summed E-state index contributed by atoms with van der Waals surface area (Å²) in [6.45, 7) is 6.15. The number of likely N-dealkylation sites (tertiary alicyclic amines) is 1. The number of carbonyl (C=O) groups excluding carboxylic acids is 3. The van der Waals surface area contributed by atoms with E-state index in [9.17, 15) is 14.4 Å². The van der Waals surface area contributed by atoms with Gasteiger partial charge in [-0.15, -0.1) is 0 Å². The molecule has 1 rings (SSSR count). The van der Waals surface area contributed by atoms with E-state index in [4.69, 9.17) is 17.2 Å². The summed E-state index contributed by atoms with van der Waals surface area (Å²) in [5.74, 6) is -0.790. The van der Waals surface area contributed by atoms with E-state index in [1.165, 1.54) is 11.8 Å². The summed E-state index contributed by atoms with van der Waals surface area (Å²) in [4.78, 5) is 37.5. The zero-order valence-corrected chi connectivity index (χ0v) is 15.5. The molecule has 1 unspecified atom stereocenters. The van der Waals surface area contributed by atoms with Crippen molar-refractivity contribution >= 4 is 17.7 Å². The molecule has 0 radical (unpaired) electrons. The molecule has 0 aliphatic carbocycles. The van der Waals surface area contributed by atoms with E-state index < -0.39 is 24.0 Å². The fraction of sp³-hybridized carbons (Fsp3) is 0.824. The third-order valence-corrected chi connectivity index (χ3v) is 4.85. The Kier molecular flexibility index (Phi) is 8.31. The maximum Gasteiger partial charge on any atom is 0.243 e. The maximum atomic E-state index is 12.6. The van der Waals surface area contributed by atoms with Gasteiger partial charge < -0.3 is 27.4 Å². The van der Waals surface area contributed by atoms with Gasteiger partial charge in [0.2, 0.25) is 17.7 Å². The Bertz CT molecular complexity index is 483. The molecule has 0 aromatic heterocycles. The molecule has 1 saturated heterocycles. The topological polar surface area (TPSA) is 145 Å². The highest BCUT2D eigenvalue weighted by molar-refractivity contribution is 5.92. The van der Waals surface area contributed by atoms with Crippen LogP contribution < -0.4 is 22.5 Å². The van der Waals surface area contributed by atoms with Gasteiger partial charge in [0.25, 0.3) is 0 Å². The van der Waals surface area contributed by atoms with Crippen LogP contribution in [0.15, 0.2) is 0 Å². The van der Waals surface area contributed by atoms with E-state index in [0.717, 1.165) is 19.3 Å². The highest BCUT2D eigenvalue weighted by Gasteiger charge is 2.36. The molecule has 0 saturated carbocycles. The molecule has 1 aliphatic rings. The first-order valence-electron chi connectivity index (χ1n) is 9.06. The zero-order valence-electron chi connectivity index (χ0n) is 15.5. The Balaban J connectivity index is 2.54. The van der Waals surface area contributed by atoms with E-state index in [-0.39, 0.29) is 17.9 Å². The molecule has 8 heteroatoms. The first-order valence-corrected chi connectivity index (χ1v) is 9.06. The van der Waals surface area contributed by atoms with Crippen molar-refractivity contribution in [2.45, 2.75) is 77.0 Å². The van der Waals surface area contributed by atoms with E-state index in [2.05, 4.69) is 19.2 Å². The largest absolute Gasteiger partial charge is 0.368 e. The third kappa shape index (κ3) is 6.28. The summed E-state index contributed by atoms with van der Waals surface area (Å²) in [6.07, 6.45) is 3.43. The fourth-order valence-corrected chi connectivity index (χ4v) is 2.93. The van der Waals surface area contributed by atoms with Crippen molar-refractivity contribution < 1.29 is 14.4 Å². The van der Waals surface area contributed by atoms with Gasteiger partial charge in [-0.05, 0) is 44.9 Å². The second-order valence-electron chi connectivity index (χ2n) is 7.27. The number of nitrogens with zero attached hydrogens (tertiary/aromatic N) is 1. The smallest absolute Gasteiger partial charge is 0.243 e. The minimum atomic E-state index is -0.767. The van der Waals surface area contributed by atoms with E-state index in [1.54, 1.807) is 0 Å². The van der Waals surface area contributed by atoms with Crippen LogP contribution in [0.1, 0.15) is 52.9 Å². The summed E-state index contributed by atoms with van der Waals surface area (Å²) >= 11 is 0. The molecule has 3 amide bonds. The lowest BCUT2D eigenvalue weighted by molar-refractivity contribution is -0.140. The molecule has 0 aromatic rings. The van der Waals surface area contributed by atoms with Gasteiger partial charge in [-0.1, -0.05) is 13.8 Å². The summed E-state index contributed by atoms with van der Waals surface area (Å²) < 4.78 is 0. The van der Waals surface area contributed by atoms with Crippen molar-refractivity contribution in [1.29, 1.82) is 0 Å². The normalized spacial score (nSPS) is 21.0. The quantitative estimate of drug-likeness (QED) is 0.438. The average molecular weight is 355 g/mol. The van der Waals surface area contributed by atoms with Gasteiger partial charge in [-0.2, -0.15) is 0 Å². The molecule has 0 bridgehead atoms. The standard InChI is InChI=1S/C17H33N5O3/c1-10(2)12(18)6-4-7-13(19)17(25)22-9-5-8-14(22)16(24)21-11(3)15(20)23/h10-14H,4-9,18-19H2,1-3H3,(H2,20,23)(H,21,24)/t11-,12?,13+,14+/m1/s1. The van der Waals surface area contributed by atoms with Crippen LogP contribution in [-0.4, -0.2) is 53.3 Å². The minimum Gasteiger partial charge on any atom is -0.368 e. The van der Waals surface area contributed by atoms with Crippen molar-refractivity contribution in [2.24, 2.45) is 23.1 Å². The Morgan fingerprint density at radius 1 is 1.16 bits per heavy atom. The molecular formula is C17H33N5O3. The van der Waals surface area contributed by atoms with E-state index in [0.29, 0.717) is 25.3 Å². The van der Waals surface area contributed by atoms with Gasteiger partial charge in [0, 0.05) is 12.6 Å². The average Bonchev–Trinajstić information content (AvgIpc) is 3.03. The van der Waals surface area contributed by atoms with Crippen molar-refractivity contribution in [2.75, 3.05) is 6.54 Å². The number of primary amides is 1. The van der Waals surface area contributed by atoms with Gasteiger partial charge in [0.05, 0.1) is 6.04 Å². The molecule has 144 valence electrons. The highest BCUT2D eigenvalue weighted by Crippen LogP contribution is 2.20. The molecule has 1 heterocycles. The number of amides is 3. The van der Waals surface area contributed by atoms with Crippen LogP contribution >= 0.6 is 0 Å². The fourth-order valence-electron chi connectivity index (χ4n) is 2.93. The van der Waals surface area contributed by atoms with E-state index >= 15 is 0 Å². The van der Waals surface area contributed by atoms with Crippen LogP contribution in [0.5, 0.6) is 0 Å². The molecule has 25 heavy (non-hydrogen) atoms. The van der Waals surface area contributed by atoms with Crippen molar-refractivity contribution in [3.63, 3.8) is 0 Å². The monoisotopic (exact) mass is 355 g/mol. The Morgan fingerprint density at radius 3 is 2.36 bits per heavy atom. The van der Waals surface area contributed by atoms with Crippen LogP contribution in [0.25, 0.3) is 0 Å². The lowest BCUT2D eigenvalue weighted by atomic mass is 9.97. The van der Waals surface area contributed by atoms with Crippen LogP contribution in [-0.2, 0) is 14.4 Å². The lowest BCUT2D eigenvalue weighted by Crippen LogP contribution is -2.54. The first-order chi connectivity index (χ1) is 11.6. The first kappa shape index (κ1) is 21.4. The summed E-state index contributed by atoms with van der Waals surface area (Å²) in [5.41, 5.74) is 17.2. The molecule has 1 fully saturated rings. The van der Waals surface area contributed by atoms with Crippen LogP contribution in [0.4, 0.5) is 0 Å². The van der Waals surface area contributed by atoms with Crippen molar-refractivity contribution in [3.05, 3.63) is 0 Å². The lowest BCUT2D eigenvalue weighted by Gasteiger charge is -2.27. The highest BCUT2D eigenvalue weighted by atomic mass is 16.2. The van der Waals surface area contributed by atoms with Crippen molar-refractivity contribution in [3.8, 4) is 0 Å². The predicted molar refractivity (Wildman–Crippen MR) is 96.2 cm³/mol.